The van der Waals surface area contributed by atoms with E-state index in [9.17, 15) is 0 Å². The zero-order valence-electron chi connectivity index (χ0n) is 41.0. The molecule has 1 aromatic heterocycles. The van der Waals surface area contributed by atoms with Gasteiger partial charge < -0.3 is 9.80 Å². The maximum absolute atomic E-state index is 2.46. The van der Waals surface area contributed by atoms with Crippen molar-refractivity contribution in [2.24, 2.45) is 0 Å². The molecule has 0 radical (unpaired) electrons. The van der Waals surface area contributed by atoms with Crippen molar-refractivity contribution in [3.8, 4) is 44.5 Å². The van der Waals surface area contributed by atoms with Crippen LogP contribution in [0.4, 0.5) is 34.1 Å². The summed E-state index contributed by atoms with van der Waals surface area (Å²) in [5.74, 6) is 0. The molecular formula is C72H48N2S. The van der Waals surface area contributed by atoms with E-state index in [1.54, 1.807) is 0 Å². The van der Waals surface area contributed by atoms with Gasteiger partial charge in [0.25, 0.3) is 0 Å². The molecule has 0 spiro atoms. The predicted octanol–water partition coefficient (Wildman–Crippen LogP) is 21.1. The van der Waals surface area contributed by atoms with Crippen LogP contribution < -0.4 is 9.80 Å². The summed E-state index contributed by atoms with van der Waals surface area (Å²) in [7, 11) is 0. The quantitative estimate of drug-likeness (QED) is 0.135. The Morgan fingerprint density at radius 2 is 0.707 bits per heavy atom. The smallest absolute Gasteiger partial charge is 0.0540 e. The van der Waals surface area contributed by atoms with Gasteiger partial charge in [-0.3, -0.25) is 0 Å². The normalized spacial score (nSPS) is 11.5. The number of anilines is 6. The predicted molar refractivity (Wildman–Crippen MR) is 323 cm³/mol. The van der Waals surface area contributed by atoms with Crippen LogP contribution in [-0.2, 0) is 0 Å². The molecule has 75 heavy (non-hydrogen) atoms. The Kier molecular flexibility index (Phi) is 11.1. The largest absolute Gasteiger partial charge is 0.310 e. The Hall–Kier alpha value is -9.54. The highest BCUT2D eigenvalue weighted by atomic mass is 32.1. The van der Waals surface area contributed by atoms with Crippen molar-refractivity contribution in [2.45, 2.75) is 0 Å². The second kappa shape index (κ2) is 18.8. The Labute approximate surface area is 440 Å². The Morgan fingerprint density at radius 3 is 1.41 bits per heavy atom. The molecule has 3 heteroatoms. The summed E-state index contributed by atoms with van der Waals surface area (Å²) in [5, 5.41) is 9.83. The van der Waals surface area contributed by atoms with Crippen LogP contribution in [-0.4, -0.2) is 0 Å². The molecule has 0 amide bonds. The SMILES string of the molecule is c1ccc(-c2ccc(-c3ccc(N(c4ccc5ccccc5c4)c4ccccc4-c4cccc(N(c5ccc6ccccc6c5)c5ccc(-c6cccc7sc8ccccc8c67)c6ccccc56)c4)cc3)cc2)cc1. The zero-order valence-corrected chi connectivity index (χ0v) is 41.8. The van der Waals surface area contributed by atoms with Gasteiger partial charge in [-0.05, 0) is 139 Å². The van der Waals surface area contributed by atoms with Crippen molar-refractivity contribution in [3.63, 3.8) is 0 Å². The van der Waals surface area contributed by atoms with Gasteiger partial charge in [0.05, 0.1) is 11.4 Å². The molecule has 2 nitrogen and oxygen atoms in total. The average molecular weight is 973 g/mol. The van der Waals surface area contributed by atoms with E-state index >= 15 is 0 Å². The maximum Gasteiger partial charge on any atom is 0.0540 e. The molecule has 352 valence electrons. The van der Waals surface area contributed by atoms with E-state index < -0.39 is 0 Å². The van der Waals surface area contributed by atoms with Crippen LogP contribution in [0.3, 0.4) is 0 Å². The number of hydrogen-bond donors (Lipinski definition) is 0. The van der Waals surface area contributed by atoms with Crippen LogP contribution >= 0.6 is 11.3 Å². The number of nitrogens with zero attached hydrogens (tertiary/aromatic N) is 2. The summed E-state index contributed by atoms with van der Waals surface area (Å²) < 4.78 is 2.61. The van der Waals surface area contributed by atoms with Crippen LogP contribution in [0.15, 0.2) is 291 Å². The molecule has 14 aromatic rings. The van der Waals surface area contributed by atoms with Gasteiger partial charge in [0.15, 0.2) is 0 Å². The first kappa shape index (κ1) is 44.2. The van der Waals surface area contributed by atoms with Crippen LogP contribution in [0.25, 0.3) is 97.0 Å². The molecule has 0 bridgehead atoms. The lowest BCUT2D eigenvalue weighted by Crippen LogP contribution is -2.12. The van der Waals surface area contributed by atoms with Crippen molar-refractivity contribution < 1.29 is 0 Å². The van der Waals surface area contributed by atoms with Gasteiger partial charge in [0.1, 0.15) is 0 Å². The van der Waals surface area contributed by atoms with E-state index in [-0.39, 0.29) is 0 Å². The third-order valence-corrected chi connectivity index (χ3v) is 16.0. The van der Waals surface area contributed by atoms with Crippen molar-refractivity contribution in [2.75, 3.05) is 9.80 Å². The molecule has 0 unspecified atom stereocenters. The number of fused-ring (bicyclic) bond motifs is 6. The van der Waals surface area contributed by atoms with Crippen molar-refractivity contribution in [3.05, 3.63) is 291 Å². The minimum atomic E-state index is 1.07. The van der Waals surface area contributed by atoms with E-state index in [4.69, 9.17) is 0 Å². The van der Waals surface area contributed by atoms with Crippen LogP contribution in [0, 0.1) is 0 Å². The molecular weight excluding hydrogens is 925 g/mol. The molecule has 0 aliphatic heterocycles. The summed E-state index contributed by atoms with van der Waals surface area (Å²) >= 11 is 1.87. The Morgan fingerprint density at radius 1 is 0.227 bits per heavy atom. The standard InChI is InChI=1S/C72H48N2S/c1-2-16-49(17-3-1)52-32-34-53(35-33-52)54-36-40-58(41-37-54)73(60-42-38-50-18-4-6-20-55(50)46-60)68-29-12-10-24-62(68)57-22-14-23-59(48-57)74(61-43-39-51-19-5-7-21-56(51)47-61)69-45-44-64(63-25-8-9-26-65(63)69)66-28-15-31-71-72(66)67-27-11-13-30-70(67)75-71/h1-48H. The molecule has 13 aromatic carbocycles. The highest BCUT2D eigenvalue weighted by molar-refractivity contribution is 7.26. The molecule has 0 saturated carbocycles. The van der Waals surface area contributed by atoms with Gasteiger partial charge in [-0.2, -0.15) is 0 Å². The first-order valence-electron chi connectivity index (χ1n) is 25.6. The lowest BCUT2D eigenvalue weighted by molar-refractivity contribution is 1.28. The monoisotopic (exact) mass is 972 g/mol. The van der Waals surface area contributed by atoms with E-state index in [1.807, 2.05) is 11.3 Å². The number of benzene rings is 13. The molecule has 0 saturated heterocycles. The van der Waals surface area contributed by atoms with Crippen molar-refractivity contribution in [1.29, 1.82) is 0 Å². The first-order valence-corrected chi connectivity index (χ1v) is 26.5. The molecule has 1 heterocycles. The third-order valence-electron chi connectivity index (χ3n) is 14.8. The van der Waals surface area contributed by atoms with Gasteiger partial charge in [0.2, 0.25) is 0 Å². The summed E-state index contributed by atoms with van der Waals surface area (Å²) in [4.78, 5) is 4.87. The highest BCUT2D eigenvalue weighted by Gasteiger charge is 2.22. The third kappa shape index (κ3) is 8.08. The Bertz CT molecular complexity index is 4420. The fourth-order valence-electron chi connectivity index (χ4n) is 11.2. The van der Waals surface area contributed by atoms with Crippen molar-refractivity contribution in [1.82, 2.24) is 0 Å². The number of rotatable bonds is 10. The lowest BCUT2D eigenvalue weighted by Gasteiger charge is -2.30. The molecule has 0 aliphatic carbocycles. The van der Waals surface area contributed by atoms with Gasteiger partial charge in [-0.1, -0.05) is 218 Å². The zero-order chi connectivity index (χ0) is 49.7. The molecule has 0 N–H and O–H groups in total. The molecule has 0 aliphatic rings. The van der Waals surface area contributed by atoms with Crippen LogP contribution in [0.5, 0.6) is 0 Å². The van der Waals surface area contributed by atoms with Gasteiger partial charge >= 0.3 is 0 Å². The van der Waals surface area contributed by atoms with E-state index in [1.165, 1.54) is 85.9 Å². The number of hydrogen-bond acceptors (Lipinski definition) is 3. The van der Waals surface area contributed by atoms with E-state index in [0.717, 1.165) is 45.3 Å². The van der Waals surface area contributed by atoms with Gasteiger partial charge in [-0.25, -0.2) is 0 Å². The minimum Gasteiger partial charge on any atom is -0.310 e. The molecule has 0 fully saturated rings. The minimum absolute atomic E-state index is 1.07. The first-order chi connectivity index (χ1) is 37.2. The summed E-state index contributed by atoms with van der Waals surface area (Å²) in [5.41, 5.74) is 16.1. The highest BCUT2D eigenvalue weighted by Crippen LogP contribution is 2.48. The summed E-state index contributed by atoms with van der Waals surface area (Å²) in [6.07, 6.45) is 0. The van der Waals surface area contributed by atoms with Crippen LogP contribution in [0.1, 0.15) is 0 Å². The molecule has 0 atom stereocenters. The molecule has 14 rings (SSSR count). The fraction of sp³-hybridized carbons (Fsp3) is 0. The van der Waals surface area contributed by atoms with E-state index in [0.29, 0.717) is 0 Å². The maximum atomic E-state index is 2.46. The Balaban J connectivity index is 0.910. The second-order valence-electron chi connectivity index (χ2n) is 19.2. The number of para-hydroxylation sites is 1. The lowest BCUT2D eigenvalue weighted by atomic mass is 9.93. The topological polar surface area (TPSA) is 6.48 Å². The average Bonchev–Trinajstić information content (AvgIpc) is 3.89. The second-order valence-corrected chi connectivity index (χ2v) is 20.3. The van der Waals surface area contributed by atoms with E-state index in [2.05, 4.69) is 301 Å². The van der Waals surface area contributed by atoms with Crippen LogP contribution in [0.2, 0.25) is 0 Å². The van der Waals surface area contributed by atoms with Gasteiger partial charge in [0, 0.05) is 53.9 Å². The van der Waals surface area contributed by atoms with Crippen molar-refractivity contribution >= 4 is 98.0 Å². The fourth-order valence-corrected chi connectivity index (χ4v) is 12.3. The summed E-state index contributed by atoms with van der Waals surface area (Å²) in [6, 6.07) is 107. The number of thiophene rings is 1. The summed E-state index contributed by atoms with van der Waals surface area (Å²) in [6.45, 7) is 0. The van der Waals surface area contributed by atoms with Gasteiger partial charge in [-0.15, -0.1) is 11.3 Å².